The number of amides is 5. The van der Waals surface area contributed by atoms with Crippen LogP contribution in [-0.4, -0.2) is 126 Å². The van der Waals surface area contributed by atoms with Crippen LogP contribution in [0, 0.1) is 17.3 Å². The number of methoxy groups -OCH3 is 1. The fraction of sp³-hybridized carbons (Fsp3) is 0.551. The maximum Gasteiger partial charge on any atom is 0.410 e. The molecule has 2 aliphatic carbocycles. The van der Waals surface area contributed by atoms with Crippen molar-refractivity contribution >= 4 is 50.6 Å². The quantitative estimate of drug-likeness (QED) is 0.185. The smallest absolute Gasteiger partial charge is 0.410 e. The highest BCUT2D eigenvalue weighted by molar-refractivity contribution is 7.91. The molecule has 2 saturated carbocycles. The zero-order valence-electron chi connectivity index (χ0n) is 39.3. The number of piperidine rings is 1. The van der Waals surface area contributed by atoms with Crippen LogP contribution in [0.2, 0.25) is 0 Å². The number of rotatable bonds is 14. The average Bonchev–Trinajstić information content (AvgIpc) is 4.20. The minimum absolute atomic E-state index is 0.0185. The number of ether oxygens (including phenoxy) is 3. The molecule has 4 fully saturated rings. The lowest BCUT2D eigenvalue weighted by Crippen LogP contribution is -2.57. The van der Waals surface area contributed by atoms with Crippen molar-refractivity contribution in [2.75, 3.05) is 33.8 Å². The predicted molar refractivity (Wildman–Crippen MR) is 249 cm³/mol. The summed E-state index contributed by atoms with van der Waals surface area (Å²) in [4.78, 5) is 80.5. The normalized spacial score (nSPS) is 23.6. The number of likely N-dealkylation sites (N-methyl/N-ethyl adjacent to an activating group) is 1. The van der Waals surface area contributed by atoms with E-state index in [4.69, 9.17) is 19.2 Å². The van der Waals surface area contributed by atoms with Gasteiger partial charge in [0.1, 0.15) is 34.8 Å². The second-order valence-corrected chi connectivity index (χ2v) is 22.2. The number of hydrogen-bond acceptors (Lipinski definition) is 11. The van der Waals surface area contributed by atoms with E-state index in [2.05, 4.69) is 16.6 Å². The molecule has 4 aliphatic rings. The molecule has 16 nitrogen and oxygen atoms in total. The van der Waals surface area contributed by atoms with Crippen LogP contribution in [0.1, 0.15) is 86.5 Å². The third kappa shape index (κ3) is 10.6. The van der Waals surface area contributed by atoms with E-state index in [1.807, 2.05) is 63.2 Å². The first-order valence-electron chi connectivity index (χ1n) is 22.8. The van der Waals surface area contributed by atoms with Gasteiger partial charge in [-0.05, 0) is 70.4 Å². The van der Waals surface area contributed by atoms with Crippen molar-refractivity contribution in [1.82, 2.24) is 29.7 Å². The molecule has 5 amide bonds. The molecular weight excluding hydrogens is 865 g/mol. The molecule has 2 N–H and O–H groups in total. The molecule has 17 heteroatoms. The Morgan fingerprint density at radius 1 is 1.00 bits per heavy atom. The Hall–Kier alpha value is -5.71. The molecule has 7 rings (SSSR count). The van der Waals surface area contributed by atoms with Gasteiger partial charge in [-0.25, -0.2) is 18.2 Å². The highest BCUT2D eigenvalue weighted by Crippen LogP contribution is 2.46. The molecule has 2 saturated heterocycles. The Bertz CT molecular complexity index is 2480. The van der Waals surface area contributed by atoms with Crippen LogP contribution >= 0.6 is 0 Å². The van der Waals surface area contributed by atoms with Crippen molar-refractivity contribution in [1.29, 1.82) is 0 Å². The molecule has 0 bridgehead atoms. The number of aromatic nitrogens is 1. The molecule has 3 heterocycles. The molecule has 1 aromatic heterocycles. The summed E-state index contributed by atoms with van der Waals surface area (Å²) in [5.74, 6) is -2.59. The SMILES string of the molecule is C=C[C@@H]1C[C@]1(NC(=O)[C@@H]1C[C@@H](Oc2cc(-c3ccccc3)nc3cc(OC)ccc23)CN1C(=O)[C@@H](CC(=O)N1CCCC(N(C)C(=O)OC(C)(C)C)C1)C(C)(C)C)C(=O)NS(=O)(=O)C1CC1. The van der Waals surface area contributed by atoms with Crippen LogP contribution in [0.3, 0.4) is 0 Å². The number of carbonyl (C=O) groups excluding carboxylic acids is 5. The lowest BCUT2D eigenvalue weighted by atomic mass is 9.77. The number of sulfonamides is 1. The Balaban J connectivity index is 1.18. The molecule has 2 aromatic carbocycles. The van der Waals surface area contributed by atoms with Gasteiger partial charge < -0.3 is 34.2 Å². The summed E-state index contributed by atoms with van der Waals surface area (Å²) < 4.78 is 45.9. The molecule has 0 spiro atoms. The van der Waals surface area contributed by atoms with Crippen molar-refractivity contribution in [3.05, 3.63) is 67.3 Å². The zero-order valence-corrected chi connectivity index (χ0v) is 40.1. The van der Waals surface area contributed by atoms with Crippen LogP contribution in [0.25, 0.3) is 22.2 Å². The van der Waals surface area contributed by atoms with Gasteiger partial charge in [0.2, 0.25) is 27.7 Å². The summed E-state index contributed by atoms with van der Waals surface area (Å²) in [5, 5.41) is 2.88. The summed E-state index contributed by atoms with van der Waals surface area (Å²) in [5.41, 5.74) is -0.958. The second kappa shape index (κ2) is 18.5. The van der Waals surface area contributed by atoms with Gasteiger partial charge >= 0.3 is 6.09 Å². The summed E-state index contributed by atoms with van der Waals surface area (Å²) in [7, 11) is -0.708. The number of likely N-dealkylation sites (tertiary alicyclic amines) is 2. The van der Waals surface area contributed by atoms with Crippen molar-refractivity contribution in [3.63, 3.8) is 0 Å². The number of carbonyl (C=O) groups is 5. The maximum absolute atomic E-state index is 15.2. The van der Waals surface area contributed by atoms with Crippen LogP contribution in [-0.2, 0) is 33.9 Å². The molecule has 3 aromatic rings. The van der Waals surface area contributed by atoms with E-state index in [1.165, 1.54) is 15.9 Å². The number of fused-ring (bicyclic) bond motifs is 1. The molecule has 2 aliphatic heterocycles. The summed E-state index contributed by atoms with van der Waals surface area (Å²) in [6.45, 7) is 15.5. The van der Waals surface area contributed by atoms with Crippen LogP contribution in [0.4, 0.5) is 4.79 Å². The third-order valence-corrected chi connectivity index (χ3v) is 15.0. The van der Waals surface area contributed by atoms with Gasteiger partial charge in [-0.15, -0.1) is 6.58 Å². The summed E-state index contributed by atoms with van der Waals surface area (Å²) in [6.07, 6.45) is 2.49. The lowest BCUT2D eigenvalue weighted by molar-refractivity contribution is -0.149. The van der Waals surface area contributed by atoms with Crippen molar-refractivity contribution < 1.29 is 46.6 Å². The summed E-state index contributed by atoms with van der Waals surface area (Å²) >= 11 is 0. The molecule has 356 valence electrons. The van der Waals surface area contributed by atoms with Crippen molar-refractivity contribution in [3.8, 4) is 22.8 Å². The van der Waals surface area contributed by atoms with E-state index in [-0.39, 0.29) is 44.3 Å². The number of hydrogen-bond donors (Lipinski definition) is 2. The maximum atomic E-state index is 15.2. The number of pyridine rings is 1. The Kier molecular flexibility index (Phi) is 13.5. The standard InChI is InChI=1S/C49H64N6O10S/c1-10-31-27-49(31,45(59)52-66(61,62)35-19-20-35)51-43(57)40-24-34(64-41-26-38(30-15-12-11-13-16-30)50-39-23-33(63-9)18-21-36(39)41)29-55(40)44(58)37(47(2,3)4)25-42(56)54-22-14-17-32(28-54)53(8)46(60)65-48(5,6)7/h10-13,15-16,18,21,23,26,31-32,34-35,37,40H,1,14,17,19-20,22,24-25,27-29H2,2-9H3,(H,51,57)(H,52,59)/t31-,32?,34-,37-,40+,49-/m1/s1. The van der Waals surface area contributed by atoms with Gasteiger partial charge in [0.05, 0.1) is 42.1 Å². The Morgan fingerprint density at radius 3 is 2.33 bits per heavy atom. The highest BCUT2D eigenvalue weighted by atomic mass is 32.2. The fourth-order valence-electron chi connectivity index (χ4n) is 8.98. The Morgan fingerprint density at radius 2 is 1.71 bits per heavy atom. The minimum atomic E-state index is -3.94. The monoisotopic (exact) mass is 928 g/mol. The fourth-order valence-corrected chi connectivity index (χ4v) is 10.3. The van der Waals surface area contributed by atoms with Gasteiger partial charge in [-0.3, -0.25) is 23.9 Å². The predicted octanol–water partition coefficient (Wildman–Crippen LogP) is 5.84. The second-order valence-electron chi connectivity index (χ2n) is 20.3. The van der Waals surface area contributed by atoms with Gasteiger partial charge in [0.15, 0.2) is 0 Å². The molecule has 6 atom stereocenters. The van der Waals surface area contributed by atoms with E-state index < -0.39 is 79.6 Å². The van der Waals surface area contributed by atoms with Crippen LogP contribution in [0.15, 0.2) is 67.3 Å². The molecule has 66 heavy (non-hydrogen) atoms. The van der Waals surface area contributed by atoms with Gasteiger partial charge in [0.25, 0.3) is 5.91 Å². The number of nitrogens with one attached hydrogen (secondary N) is 2. The first-order chi connectivity index (χ1) is 31.0. The van der Waals surface area contributed by atoms with Crippen molar-refractivity contribution in [2.45, 2.75) is 121 Å². The minimum Gasteiger partial charge on any atom is -0.497 e. The number of nitrogens with zero attached hydrogens (tertiary/aromatic N) is 4. The molecule has 0 radical (unpaired) electrons. The topological polar surface area (TPSA) is 194 Å². The lowest BCUT2D eigenvalue weighted by Gasteiger charge is -2.40. The molecular formula is C49H64N6O10S. The van der Waals surface area contributed by atoms with Crippen molar-refractivity contribution in [2.24, 2.45) is 17.3 Å². The largest absolute Gasteiger partial charge is 0.497 e. The third-order valence-electron chi connectivity index (χ3n) is 13.1. The van der Waals surface area contributed by atoms with Crippen LogP contribution in [0.5, 0.6) is 11.5 Å². The van der Waals surface area contributed by atoms with E-state index in [0.29, 0.717) is 60.3 Å². The van der Waals surface area contributed by atoms with Crippen LogP contribution < -0.4 is 19.5 Å². The van der Waals surface area contributed by atoms with E-state index in [0.717, 1.165) is 5.56 Å². The van der Waals surface area contributed by atoms with Gasteiger partial charge in [0, 0.05) is 62.0 Å². The van der Waals surface area contributed by atoms with Gasteiger partial charge in [-0.1, -0.05) is 57.2 Å². The first-order valence-corrected chi connectivity index (χ1v) is 24.3. The average molecular weight is 929 g/mol. The number of benzene rings is 2. The highest BCUT2D eigenvalue weighted by Gasteiger charge is 2.62. The summed E-state index contributed by atoms with van der Waals surface area (Å²) in [6, 6.07) is 15.4. The van der Waals surface area contributed by atoms with Gasteiger partial charge in [-0.2, -0.15) is 0 Å². The molecule has 1 unspecified atom stereocenters. The van der Waals surface area contributed by atoms with E-state index in [9.17, 15) is 27.6 Å². The van der Waals surface area contributed by atoms with E-state index in [1.54, 1.807) is 52.0 Å². The zero-order chi connectivity index (χ0) is 47.9. The first kappa shape index (κ1) is 48.2. The van der Waals surface area contributed by atoms with E-state index >= 15 is 4.79 Å². The Labute approximate surface area is 387 Å².